The van der Waals surface area contributed by atoms with Crippen LogP contribution in [0.4, 0.5) is 5.82 Å². The van der Waals surface area contributed by atoms with Crippen molar-refractivity contribution in [1.82, 2.24) is 25.9 Å². The molecule has 32 heavy (non-hydrogen) atoms. The van der Waals surface area contributed by atoms with Crippen molar-refractivity contribution < 1.29 is 9.59 Å². The fraction of sp³-hybridized carbons (Fsp3) is 0.455. The number of carbonyl (C=O) groups excluding carboxylic acids is 2. The molecule has 3 atom stereocenters. The highest BCUT2D eigenvalue weighted by Gasteiger charge is 2.30. The standard InChI is InChI=1S/C22H30N6O2.2ClH/c1-13-8-16(6-7-24-13)9-17-10-19(25-11-17)22(30)28-15(3)21(29)26-12-18-4-5-20(23)27-14(18)2;;/h4-8,15,17,19,25H,9-12H2,1-3H3,(H2,23,27)(H,26,29)(H,28,30);2*1H/t15-,17-,19+;;/m0../s1. The Hall–Kier alpha value is -2.42. The lowest BCUT2D eigenvalue weighted by Crippen LogP contribution is -2.50. The molecule has 3 heterocycles. The van der Waals surface area contributed by atoms with Gasteiger partial charge in [-0.3, -0.25) is 14.6 Å². The van der Waals surface area contributed by atoms with Crippen LogP contribution in [0.15, 0.2) is 30.5 Å². The number of pyridine rings is 2. The van der Waals surface area contributed by atoms with Crippen molar-refractivity contribution in [2.45, 2.75) is 52.2 Å². The number of aromatic nitrogens is 2. The Labute approximate surface area is 201 Å². The van der Waals surface area contributed by atoms with Crippen molar-refractivity contribution in [2.75, 3.05) is 12.3 Å². The van der Waals surface area contributed by atoms with Crippen molar-refractivity contribution in [1.29, 1.82) is 0 Å². The predicted molar refractivity (Wildman–Crippen MR) is 130 cm³/mol. The average molecular weight is 483 g/mol. The molecule has 1 aliphatic rings. The zero-order valence-electron chi connectivity index (χ0n) is 18.6. The van der Waals surface area contributed by atoms with Gasteiger partial charge < -0.3 is 21.7 Å². The minimum Gasteiger partial charge on any atom is -0.384 e. The lowest BCUT2D eigenvalue weighted by molar-refractivity contribution is -0.129. The number of carbonyl (C=O) groups is 2. The van der Waals surface area contributed by atoms with Gasteiger partial charge in [0.25, 0.3) is 0 Å². The van der Waals surface area contributed by atoms with E-state index in [1.807, 2.05) is 32.2 Å². The van der Waals surface area contributed by atoms with Crippen molar-refractivity contribution >= 4 is 42.4 Å². The smallest absolute Gasteiger partial charge is 0.242 e. The Morgan fingerprint density at radius 3 is 2.69 bits per heavy atom. The number of amides is 2. The molecule has 1 aliphatic heterocycles. The number of halogens is 2. The molecule has 0 spiro atoms. The number of anilines is 1. The van der Waals surface area contributed by atoms with Gasteiger partial charge in [0.15, 0.2) is 0 Å². The van der Waals surface area contributed by atoms with Crippen LogP contribution in [0.3, 0.4) is 0 Å². The largest absolute Gasteiger partial charge is 0.384 e. The molecule has 0 aromatic carbocycles. The van der Waals surface area contributed by atoms with Crippen LogP contribution in [0.25, 0.3) is 0 Å². The molecular formula is C22H32Cl2N6O2. The van der Waals surface area contributed by atoms with E-state index < -0.39 is 6.04 Å². The van der Waals surface area contributed by atoms with Crippen LogP contribution in [-0.2, 0) is 22.6 Å². The second-order valence-corrected chi connectivity index (χ2v) is 8.00. The number of aryl methyl sites for hydroxylation is 2. The number of nitrogens with two attached hydrogens (primary N) is 1. The van der Waals surface area contributed by atoms with Crippen LogP contribution in [0.1, 0.15) is 35.9 Å². The zero-order chi connectivity index (χ0) is 21.7. The second kappa shape index (κ2) is 12.6. The van der Waals surface area contributed by atoms with E-state index in [0.29, 0.717) is 18.3 Å². The summed E-state index contributed by atoms with van der Waals surface area (Å²) in [5, 5.41) is 8.93. The summed E-state index contributed by atoms with van der Waals surface area (Å²) in [4.78, 5) is 33.4. The van der Waals surface area contributed by atoms with Crippen LogP contribution < -0.4 is 21.7 Å². The molecule has 3 rings (SSSR count). The summed E-state index contributed by atoms with van der Waals surface area (Å²) in [6.45, 7) is 6.63. The topological polar surface area (TPSA) is 122 Å². The molecule has 0 radical (unpaired) electrons. The Morgan fingerprint density at radius 1 is 1.25 bits per heavy atom. The van der Waals surface area contributed by atoms with E-state index in [-0.39, 0.29) is 42.7 Å². The summed E-state index contributed by atoms with van der Waals surface area (Å²) >= 11 is 0. The van der Waals surface area contributed by atoms with E-state index in [2.05, 4.69) is 32.0 Å². The zero-order valence-corrected chi connectivity index (χ0v) is 20.2. The number of hydrogen-bond donors (Lipinski definition) is 4. The summed E-state index contributed by atoms with van der Waals surface area (Å²) in [5.74, 6) is 0.454. The van der Waals surface area contributed by atoms with E-state index >= 15 is 0 Å². The van der Waals surface area contributed by atoms with Gasteiger partial charge in [0.2, 0.25) is 11.8 Å². The second-order valence-electron chi connectivity index (χ2n) is 8.00. The highest BCUT2D eigenvalue weighted by molar-refractivity contribution is 5.89. The predicted octanol–water partition coefficient (Wildman–Crippen LogP) is 1.86. The summed E-state index contributed by atoms with van der Waals surface area (Å²) < 4.78 is 0. The van der Waals surface area contributed by atoms with Gasteiger partial charge in [-0.1, -0.05) is 6.07 Å². The van der Waals surface area contributed by atoms with Gasteiger partial charge >= 0.3 is 0 Å². The first-order valence-corrected chi connectivity index (χ1v) is 10.3. The maximum absolute atomic E-state index is 12.6. The van der Waals surface area contributed by atoms with E-state index in [4.69, 9.17) is 5.73 Å². The normalized spacial score (nSPS) is 18.1. The van der Waals surface area contributed by atoms with Gasteiger partial charge in [0.05, 0.1) is 6.04 Å². The number of nitrogens with zero attached hydrogens (tertiary/aromatic N) is 2. The maximum Gasteiger partial charge on any atom is 0.242 e. The monoisotopic (exact) mass is 482 g/mol. The van der Waals surface area contributed by atoms with Crippen LogP contribution in [-0.4, -0.2) is 40.4 Å². The molecule has 8 nitrogen and oxygen atoms in total. The van der Waals surface area contributed by atoms with Crippen molar-refractivity contribution in [3.63, 3.8) is 0 Å². The Morgan fingerprint density at radius 2 is 2.00 bits per heavy atom. The van der Waals surface area contributed by atoms with Crippen LogP contribution in [0.5, 0.6) is 0 Å². The third-order valence-corrected chi connectivity index (χ3v) is 5.45. The highest BCUT2D eigenvalue weighted by atomic mass is 35.5. The maximum atomic E-state index is 12.6. The fourth-order valence-corrected chi connectivity index (χ4v) is 3.74. The summed E-state index contributed by atoms with van der Waals surface area (Å²) in [7, 11) is 0. The van der Waals surface area contributed by atoms with Gasteiger partial charge in [-0.25, -0.2) is 4.98 Å². The van der Waals surface area contributed by atoms with Crippen LogP contribution in [0, 0.1) is 19.8 Å². The number of nitrogens with one attached hydrogen (secondary N) is 3. The van der Waals surface area contributed by atoms with Gasteiger partial charge in [-0.15, -0.1) is 24.8 Å². The lowest BCUT2D eigenvalue weighted by Gasteiger charge is -2.17. The molecule has 0 unspecified atom stereocenters. The molecular weight excluding hydrogens is 451 g/mol. The minimum atomic E-state index is -0.622. The molecule has 0 bridgehead atoms. The highest BCUT2D eigenvalue weighted by Crippen LogP contribution is 2.19. The van der Waals surface area contributed by atoms with E-state index in [1.165, 1.54) is 5.56 Å². The van der Waals surface area contributed by atoms with Crippen LogP contribution in [0.2, 0.25) is 0 Å². The van der Waals surface area contributed by atoms with Crippen molar-refractivity contribution in [3.8, 4) is 0 Å². The quantitative estimate of drug-likeness (QED) is 0.477. The molecule has 1 fully saturated rings. The molecule has 0 aliphatic carbocycles. The number of rotatable bonds is 7. The molecule has 176 valence electrons. The molecule has 5 N–H and O–H groups in total. The van der Waals surface area contributed by atoms with Crippen LogP contribution >= 0.6 is 24.8 Å². The van der Waals surface area contributed by atoms with Gasteiger partial charge in [-0.2, -0.15) is 0 Å². The Bertz CT molecular complexity index is 927. The van der Waals surface area contributed by atoms with Crippen molar-refractivity contribution in [3.05, 3.63) is 53.0 Å². The Balaban J connectivity index is 0.00000256. The van der Waals surface area contributed by atoms with E-state index in [1.54, 1.807) is 13.0 Å². The molecule has 2 amide bonds. The summed E-state index contributed by atoms with van der Waals surface area (Å²) in [6, 6.07) is 6.74. The average Bonchev–Trinajstić information content (AvgIpc) is 3.15. The molecule has 0 saturated carbocycles. The number of hydrogen-bond acceptors (Lipinski definition) is 6. The molecule has 2 aromatic rings. The van der Waals surface area contributed by atoms with Gasteiger partial charge in [0.1, 0.15) is 11.9 Å². The van der Waals surface area contributed by atoms with Gasteiger partial charge in [0, 0.05) is 24.1 Å². The van der Waals surface area contributed by atoms with Gasteiger partial charge in [-0.05, 0) is 75.4 Å². The van der Waals surface area contributed by atoms with E-state index in [9.17, 15) is 9.59 Å². The third-order valence-electron chi connectivity index (χ3n) is 5.45. The first-order chi connectivity index (χ1) is 14.3. The molecule has 2 aromatic heterocycles. The minimum absolute atomic E-state index is 0. The summed E-state index contributed by atoms with van der Waals surface area (Å²) in [6.07, 6.45) is 3.47. The third kappa shape index (κ3) is 7.62. The molecule has 1 saturated heterocycles. The Kier molecular flexibility index (Phi) is 10.9. The molecule has 10 heteroatoms. The van der Waals surface area contributed by atoms with E-state index in [0.717, 1.165) is 36.3 Å². The fourth-order valence-electron chi connectivity index (χ4n) is 3.74. The SMILES string of the molecule is Cc1cc(C[C@@H]2CN[C@@H](C(=O)N[C@@H](C)C(=O)NCc3ccc(N)nc3C)C2)ccn1.Cl.Cl. The van der Waals surface area contributed by atoms with Crippen molar-refractivity contribution in [2.24, 2.45) is 5.92 Å². The number of nitrogen functional groups attached to an aromatic ring is 1. The first-order valence-electron chi connectivity index (χ1n) is 10.3. The first kappa shape index (κ1) is 27.6. The lowest BCUT2D eigenvalue weighted by atomic mass is 9.96. The summed E-state index contributed by atoms with van der Waals surface area (Å²) in [5.41, 5.74) is 9.55.